The van der Waals surface area contributed by atoms with E-state index in [9.17, 15) is 0 Å². The maximum atomic E-state index is 3.60. The molecule has 0 saturated carbocycles. The Hall–Kier alpha value is -2.12. The van der Waals surface area contributed by atoms with E-state index in [0.717, 1.165) is 4.47 Å². The van der Waals surface area contributed by atoms with Crippen molar-refractivity contribution in [3.05, 3.63) is 82.3 Å². The van der Waals surface area contributed by atoms with Gasteiger partial charge in [-0.25, -0.2) is 0 Å². The van der Waals surface area contributed by atoms with E-state index in [-0.39, 0.29) is 5.41 Å². The molecule has 0 N–H and O–H groups in total. The van der Waals surface area contributed by atoms with Crippen molar-refractivity contribution < 1.29 is 0 Å². The fourth-order valence-electron chi connectivity index (χ4n) is 4.13. The molecule has 24 heavy (non-hydrogen) atoms. The highest BCUT2D eigenvalue weighted by molar-refractivity contribution is 9.10. The molecule has 0 atom stereocenters. The van der Waals surface area contributed by atoms with Gasteiger partial charge in [-0.3, -0.25) is 0 Å². The zero-order valence-electron chi connectivity index (χ0n) is 13.7. The summed E-state index contributed by atoms with van der Waals surface area (Å²) in [5, 5.41) is 5.24. The zero-order chi connectivity index (χ0) is 16.5. The Balaban J connectivity index is 1.90. The van der Waals surface area contributed by atoms with Gasteiger partial charge in [0.25, 0.3) is 0 Å². The van der Waals surface area contributed by atoms with Gasteiger partial charge in [0.2, 0.25) is 0 Å². The van der Waals surface area contributed by atoms with Gasteiger partial charge >= 0.3 is 0 Å². The van der Waals surface area contributed by atoms with Gasteiger partial charge in [0.05, 0.1) is 0 Å². The van der Waals surface area contributed by atoms with Gasteiger partial charge in [-0.05, 0) is 80.2 Å². The van der Waals surface area contributed by atoms with Gasteiger partial charge in [0, 0.05) is 9.89 Å². The second-order valence-corrected chi connectivity index (χ2v) is 8.17. The van der Waals surface area contributed by atoms with E-state index in [1.54, 1.807) is 0 Å². The first-order valence-electron chi connectivity index (χ1n) is 8.31. The summed E-state index contributed by atoms with van der Waals surface area (Å²) in [4.78, 5) is 0. The molecule has 0 aromatic heterocycles. The Morgan fingerprint density at radius 1 is 0.625 bits per heavy atom. The third-order valence-corrected chi connectivity index (χ3v) is 5.95. The molecule has 0 radical (unpaired) electrons. The van der Waals surface area contributed by atoms with Crippen molar-refractivity contribution in [1.82, 2.24) is 0 Å². The minimum atomic E-state index is 0.0329. The van der Waals surface area contributed by atoms with Crippen LogP contribution in [0.3, 0.4) is 0 Å². The fourth-order valence-corrected chi connectivity index (χ4v) is 4.51. The summed E-state index contributed by atoms with van der Waals surface area (Å²) in [5.74, 6) is 0. The minimum Gasteiger partial charge on any atom is -0.0616 e. The van der Waals surface area contributed by atoms with Crippen molar-refractivity contribution >= 4 is 37.5 Å². The van der Waals surface area contributed by atoms with Crippen LogP contribution >= 0.6 is 15.9 Å². The predicted molar refractivity (Wildman–Crippen MR) is 107 cm³/mol. The first-order valence-corrected chi connectivity index (χ1v) is 9.11. The molecule has 0 amide bonds. The third kappa shape index (κ3) is 1.85. The molecule has 0 fully saturated rings. The van der Waals surface area contributed by atoms with E-state index >= 15 is 0 Å². The van der Waals surface area contributed by atoms with Crippen LogP contribution in [0.25, 0.3) is 32.7 Å². The second kappa shape index (κ2) is 4.70. The molecule has 0 aliphatic heterocycles. The lowest BCUT2D eigenvalue weighted by atomic mass is 9.81. The number of rotatable bonds is 0. The predicted octanol–water partition coefficient (Wildman–Crippen LogP) is 7.06. The number of halogens is 1. The van der Waals surface area contributed by atoms with Crippen molar-refractivity contribution in [2.75, 3.05) is 0 Å². The SMILES string of the molecule is CC1(C)c2cc3ccccc3cc2-c2cc3ccc(Br)cc3cc21. The van der Waals surface area contributed by atoms with E-state index < -0.39 is 0 Å². The maximum absolute atomic E-state index is 3.60. The van der Waals surface area contributed by atoms with Gasteiger partial charge in [-0.1, -0.05) is 60.1 Å². The van der Waals surface area contributed by atoms with Gasteiger partial charge < -0.3 is 0 Å². The molecule has 0 heterocycles. The first-order chi connectivity index (χ1) is 11.5. The topological polar surface area (TPSA) is 0 Å². The van der Waals surface area contributed by atoms with Gasteiger partial charge in [-0.15, -0.1) is 0 Å². The monoisotopic (exact) mass is 372 g/mol. The first kappa shape index (κ1) is 14.2. The summed E-state index contributed by atoms with van der Waals surface area (Å²) in [6.45, 7) is 4.69. The van der Waals surface area contributed by atoms with Crippen LogP contribution < -0.4 is 0 Å². The number of benzene rings is 4. The number of hydrogen-bond acceptors (Lipinski definition) is 0. The Kier molecular flexibility index (Phi) is 2.79. The van der Waals surface area contributed by atoms with Crippen molar-refractivity contribution in [2.24, 2.45) is 0 Å². The molecule has 116 valence electrons. The normalized spacial score (nSPS) is 14.8. The molecule has 1 heteroatoms. The average molecular weight is 373 g/mol. The van der Waals surface area contributed by atoms with E-state index in [1.165, 1.54) is 43.8 Å². The second-order valence-electron chi connectivity index (χ2n) is 7.26. The van der Waals surface area contributed by atoms with Gasteiger partial charge in [0.15, 0.2) is 0 Å². The molecule has 0 unspecified atom stereocenters. The summed E-state index contributed by atoms with van der Waals surface area (Å²) < 4.78 is 1.13. The summed E-state index contributed by atoms with van der Waals surface area (Å²) in [7, 11) is 0. The van der Waals surface area contributed by atoms with Crippen LogP contribution in [-0.2, 0) is 5.41 Å². The smallest absolute Gasteiger partial charge is 0.0181 e. The molecule has 0 bridgehead atoms. The van der Waals surface area contributed by atoms with Crippen molar-refractivity contribution in [2.45, 2.75) is 19.3 Å². The Morgan fingerprint density at radius 2 is 1.17 bits per heavy atom. The van der Waals surface area contributed by atoms with E-state index in [2.05, 4.69) is 96.5 Å². The molecule has 4 aromatic rings. The molecular weight excluding hydrogens is 356 g/mol. The molecule has 5 rings (SSSR count). The van der Waals surface area contributed by atoms with Crippen LogP contribution in [0.15, 0.2) is 71.2 Å². The summed E-state index contributed by atoms with van der Waals surface area (Å²) in [6, 6.07) is 24.7. The van der Waals surface area contributed by atoms with E-state index in [4.69, 9.17) is 0 Å². The molecule has 1 aliphatic rings. The largest absolute Gasteiger partial charge is 0.0616 e. The lowest BCUT2D eigenvalue weighted by Crippen LogP contribution is -2.14. The highest BCUT2D eigenvalue weighted by Crippen LogP contribution is 2.51. The quantitative estimate of drug-likeness (QED) is 0.309. The minimum absolute atomic E-state index is 0.0329. The summed E-state index contributed by atoms with van der Waals surface area (Å²) >= 11 is 3.60. The number of hydrogen-bond donors (Lipinski definition) is 0. The van der Waals surface area contributed by atoms with Crippen LogP contribution in [0, 0.1) is 0 Å². The fraction of sp³-hybridized carbons (Fsp3) is 0.130. The average Bonchev–Trinajstić information content (AvgIpc) is 2.79. The third-order valence-electron chi connectivity index (χ3n) is 5.46. The molecule has 1 aliphatic carbocycles. The lowest BCUT2D eigenvalue weighted by Gasteiger charge is -2.22. The summed E-state index contributed by atoms with van der Waals surface area (Å²) in [5.41, 5.74) is 5.67. The van der Waals surface area contributed by atoms with Gasteiger partial charge in [-0.2, -0.15) is 0 Å². The highest BCUT2D eigenvalue weighted by atomic mass is 79.9. The summed E-state index contributed by atoms with van der Waals surface area (Å²) in [6.07, 6.45) is 0. The van der Waals surface area contributed by atoms with Crippen LogP contribution in [0.4, 0.5) is 0 Å². The maximum Gasteiger partial charge on any atom is 0.0181 e. The molecule has 0 spiro atoms. The van der Waals surface area contributed by atoms with Crippen LogP contribution in [0.5, 0.6) is 0 Å². The molecule has 0 saturated heterocycles. The Labute approximate surface area is 150 Å². The van der Waals surface area contributed by atoms with Crippen LogP contribution in [0.2, 0.25) is 0 Å². The molecule has 4 aromatic carbocycles. The number of fused-ring (bicyclic) bond motifs is 5. The standard InChI is InChI=1S/C23H17Br/c1-23(2)21-12-15-6-4-3-5-14(15)10-19(21)20-11-16-7-8-18(24)9-17(16)13-22(20)23/h3-13H,1-2H3. The highest BCUT2D eigenvalue weighted by Gasteiger charge is 2.35. The Bertz CT molecular complexity index is 1140. The van der Waals surface area contributed by atoms with Crippen molar-refractivity contribution in [1.29, 1.82) is 0 Å². The lowest BCUT2D eigenvalue weighted by molar-refractivity contribution is 0.662. The van der Waals surface area contributed by atoms with Gasteiger partial charge in [0.1, 0.15) is 0 Å². The van der Waals surface area contributed by atoms with Crippen LogP contribution in [0.1, 0.15) is 25.0 Å². The Morgan fingerprint density at radius 3 is 1.83 bits per heavy atom. The van der Waals surface area contributed by atoms with E-state index in [0.29, 0.717) is 0 Å². The molecule has 0 nitrogen and oxygen atoms in total. The van der Waals surface area contributed by atoms with Crippen molar-refractivity contribution in [3.63, 3.8) is 0 Å². The molecular formula is C23H17Br. The zero-order valence-corrected chi connectivity index (χ0v) is 15.3. The van der Waals surface area contributed by atoms with Crippen LogP contribution in [-0.4, -0.2) is 0 Å². The van der Waals surface area contributed by atoms with E-state index in [1.807, 2.05) is 0 Å². The van der Waals surface area contributed by atoms with Crippen molar-refractivity contribution in [3.8, 4) is 11.1 Å².